The number of hydrogen-bond donors (Lipinski definition) is 3. The number of rotatable bonds is 4. The number of phenolic OH excluding ortho intramolecular Hbond substituents is 1. The van der Waals surface area contributed by atoms with E-state index in [0.717, 1.165) is 38.9 Å². The van der Waals surface area contributed by atoms with E-state index in [1.54, 1.807) is 6.08 Å². The van der Waals surface area contributed by atoms with Crippen LogP contribution in [0.1, 0.15) is 5.56 Å². The zero-order chi connectivity index (χ0) is 23.1. The van der Waals surface area contributed by atoms with Gasteiger partial charge in [0, 0.05) is 11.1 Å². The van der Waals surface area contributed by atoms with E-state index in [1.165, 1.54) is 0 Å². The van der Waals surface area contributed by atoms with Crippen LogP contribution < -0.4 is 0 Å². The van der Waals surface area contributed by atoms with Gasteiger partial charge in [-0.1, -0.05) is 104 Å². The van der Waals surface area contributed by atoms with Crippen LogP contribution in [0.3, 0.4) is 0 Å². The predicted molar refractivity (Wildman–Crippen MR) is 129 cm³/mol. The van der Waals surface area contributed by atoms with Crippen LogP contribution in [0.4, 0.5) is 0 Å². The molecule has 0 spiro atoms. The molecule has 0 aliphatic rings. The maximum atomic E-state index is 10.8. The maximum absolute atomic E-state index is 10.8. The van der Waals surface area contributed by atoms with Gasteiger partial charge in [0.05, 0.1) is 0 Å². The van der Waals surface area contributed by atoms with Crippen LogP contribution in [-0.4, -0.2) is 22.6 Å². The minimum Gasteiger partial charge on any atom is -0.507 e. The molecular weight excluding hydrogens is 424 g/mol. The molecule has 6 heteroatoms. The molecule has 0 amide bonds. The van der Waals surface area contributed by atoms with Crippen LogP contribution in [0.5, 0.6) is 5.75 Å². The second-order valence-corrected chi connectivity index (χ2v) is 7.75. The van der Waals surface area contributed by atoms with Gasteiger partial charge < -0.3 is 5.11 Å². The molecule has 0 bridgehead atoms. The molecule has 32 heavy (non-hydrogen) atoms. The first-order valence-electron chi connectivity index (χ1n) is 9.68. The summed E-state index contributed by atoms with van der Waals surface area (Å²) in [5.41, 5.74) is 7.08. The van der Waals surface area contributed by atoms with Gasteiger partial charge in [0.1, 0.15) is 5.75 Å². The Kier molecular flexibility index (Phi) is 7.22. The zero-order valence-corrected chi connectivity index (χ0v) is 17.9. The third-order valence-corrected chi connectivity index (χ3v) is 4.76. The van der Waals surface area contributed by atoms with E-state index >= 15 is 0 Å². The lowest BCUT2D eigenvalue weighted by Crippen LogP contribution is -1.94. The Hall–Kier alpha value is -3.71. The lowest BCUT2D eigenvalue weighted by atomic mass is 9.84. The van der Waals surface area contributed by atoms with E-state index in [4.69, 9.17) is 17.5 Å². The summed E-state index contributed by atoms with van der Waals surface area (Å²) >= 11 is 0. The molecule has 0 aliphatic carbocycles. The summed E-state index contributed by atoms with van der Waals surface area (Å²) in [5, 5.41) is 10.8. The highest BCUT2D eigenvalue weighted by atomic mass is 32.3. The lowest BCUT2D eigenvalue weighted by Gasteiger charge is -2.20. The Morgan fingerprint density at radius 2 is 1.03 bits per heavy atom. The van der Waals surface area contributed by atoms with E-state index in [2.05, 4.69) is 43.0 Å². The molecule has 0 atom stereocenters. The number of phenols is 1. The lowest BCUT2D eigenvalue weighted by molar-refractivity contribution is 0.381. The molecule has 3 N–H and O–H groups in total. The first kappa shape index (κ1) is 23.0. The van der Waals surface area contributed by atoms with Crippen molar-refractivity contribution in [3.8, 4) is 39.1 Å². The first-order valence-corrected chi connectivity index (χ1v) is 11.1. The monoisotopic (exact) mass is 446 g/mol. The normalized spacial score (nSPS) is 10.7. The van der Waals surface area contributed by atoms with Gasteiger partial charge in [-0.05, 0) is 33.9 Å². The molecule has 0 aromatic heterocycles. The molecule has 5 nitrogen and oxygen atoms in total. The molecule has 0 aliphatic heterocycles. The Morgan fingerprint density at radius 3 is 1.44 bits per heavy atom. The van der Waals surface area contributed by atoms with Gasteiger partial charge in [0.2, 0.25) is 0 Å². The molecule has 0 saturated carbocycles. The van der Waals surface area contributed by atoms with Crippen LogP contribution in [0.15, 0.2) is 104 Å². The van der Waals surface area contributed by atoms with E-state index in [1.807, 2.05) is 60.7 Å². The highest BCUT2D eigenvalue weighted by molar-refractivity contribution is 7.79. The van der Waals surface area contributed by atoms with Crippen molar-refractivity contribution in [3.05, 3.63) is 109 Å². The fourth-order valence-electron chi connectivity index (χ4n) is 3.55. The maximum Gasteiger partial charge on any atom is 0.394 e. The largest absolute Gasteiger partial charge is 0.507 e. The van der Waals surface area contributed by atoms with Crippen molar-refractivity contribution < 1.29 is 22.6 Å². The van der Waals surface area contributed by atoms with Crippen LogP contribution in [-0.2, 0) is 10.4 Å². The molecule has 0 unspecified atom stereocenters. The SMILES string of the molecule is C=Cc1c(O)cc(-c2ccccc2)c(-c2ccccc2)c1-c1ccccc1.O=S(=O)(O)O. The molecular formula is C26H22O5S. The minimum absolute atomic E-state index is 0.238. The second-order valence-electron chi connectivity index (χ2n) is 6.86. The van der Waals surface area contributed by atoms with Crippen molar-refractivity contribution in [2.75, 3.05) is 0 Å². The summed E-state index contributed by atoms with van der Waals surface area (Å²) in [4.78, 5) is 0. The summed E-state index contributed by atoms with van der Waals surface area (Å²) in [5.74, 6) is 0.238. The highest BCUT2D eigenvalue weighted by Gasteiger charge is 2.19. The van der Waals surface area contributed by atoms with E-state index in [0.29, 0.717) is 0 Å². The Balaban J connectivity index is 0.000000523. The second kappa shape index (κ2) is 10.1. The first-order chi connectivity index (χ1) is 15.3. The van der Waals surface area contributed by atoms with Crippen LogP contribution in [0.25, 0.3) is 39.5 Å². The average molecular weight is 447 g/mol. The van der Waals surface area contributed by atoms with Gasteiger partial charge in [-0.15, -0.1) is 0 Å². The predicted octanol–water partition coefficient (Wildman–Crippen LogP) is 6.38. The van der Waals surface area contributed by atoms with Crippen molar-refractivity contribution >= 4 is 16.5 Å². The van der Waals surface area contributed by atoms with Gasteiger partial charge in [0.15, 0.2) is 0 Å². The fraction of sp³-hybridized carbons (Fsp3) is 0. The number of hydrogen-bond acceptors (Lipinski definition) is 3. The van der Waals surface area contributed by atoms with Crippen molar-refractivity contribution in [1.82, 2.24) is 0 Å². The van der Waals surface area contributed by atoms with Crippen molar-refractivity contribution in [3.63, 3.8) is 0 Å². The number of aromatic hydroxyl groups is 1. The van der Waals surface area contributed by atoms with Crippen molar-refractivity contribution in [2.24, 2.45) is 0 Å². The number of benzene rings is 4. The summed E-state index contributed by atoms with van der Waals surface area (Å²) in [6, 6.07) is 32.5. The van der Waals surface area contributed by atoms with Crippen molar-refractivity contribution in [2.45, 2.75) is 0 Å². The molecule has 0 radical (unpaired) electrons. The van der Waals surface area contributed by atoms with E-state index in [-0.39, 0.29) is 5.75 Å². The summed E-state index contributed by atoms with van der Waals surface area (Å²) in [6.07, 6.45) is 1.74. The average Bonchev–Trinajstić information content (AvgIpc) is 2.79. The highest BCUT2D eigenvalue weighted by Crippen LogP contribution is 2.45. The smallest absolute Gasteiger partial charge is 0.394 e. The van der Waals surface area contributed by atoms with E-state index in [9.17, 15) is 5.11 Å². The topological polar surface area (TPSA) is 94.8 Å². The van der Waals surface area contributed by atoms with Gasteiger partial charge in [-0.2, -0.15) is 8.42 Å². The summed E-state index contributed by atoms with van der Waals surface area (Å²) < 4.78 is 31.6. The quantitative estimate of drug-likeness (QED) is 0.316. The molecule has 0 heterocycles. The van der Waals surface area contributed by atoms with E-state index < -0.39 is 10.4 Å². The molecule has 4 rings (SSSR count). The summed E-state index contributed by atoms with van der Waals surface area (Å²) in [6.45, 7) is 3.96. The standard InChI is InChI=1S/C26H20O.H2O4S/c1-2-22-24(27)18-23(19-12-6-3-7-13-19)26(21-16-10-5-11-17-21)25(22)20-14-8-4-9-15-20;1-5(2,3)4/h2-18,27H,1H2;(H2,1,2,3,4). The molecule has 162 valence electrons. The summed E-state index contributed by atoms with van der Waals surface area (Å²) in [7, 11) is -4.67. The van der Waals surface area contributed by atoms with Gasteiger partial charge >= 0.3 is 10.4 Å². The molecule has 0 fully saturated rings. The molecule has 4 aromatic rings. The van der Waals surface area contributed by atoms with Gasteiger partial charge in [-0.25, -0.2) is 0 Å². The van der Waals surface area contributed by atoms with Crippen LogP contribution >= 0.6 is 0 Å². The zero-order valence-electron chi connectivity index (χ0n) is 17.1. The Morgan fingerprint density at radius 1 is 0.656 bits per heavy atom. The Labute approximate surface area is 187 Å². The molecule has 4 aromatic carbocycles. The van der Waals surface area contributed by atoms with Crippen LogP contribution in [0.2, 0.25) is 0 Å². The van der Waals surface area contributed by atoms with Crippen LogP contribution in [0, 0.1) is 0 Å². The van der Waals surface area contributed by atoms with Crippen molar-refractivity contribution in [1.29, 1.82) is 0 Å². The fourth-order valence-corrected chi connectivity index (χ4v) is 3.55. The Bertz CT molecular complexity index is 1290. The van der Waals surface area contributed by atoms with Gasteiger partial charge in [0.25, 0.3) is 0 Å². The third kappa shape index (κ3) is 5.70. The third-order valence-electron chi connectivity index (χ3n) is 4.76. The van der Waals surface area contributed by atoms with Gasteiger partial charge in [-0.3, -0.25) is 9.11 Å². The molecule has 0 saturated heterocycles. The minimum atomic E-state index is -4.67.